The van der Waals surface area contributed by atoms with E-state index in [1.54, 1.807) is 36.7 Å². The molecular formula is C18H16BrClN2O2S. The second-order valence-electron chi connectivity index (χ2n) is 5.53. The van der Waals surface area contributed by atoms with Gasteiger partial charge in [-0.1, -0.05) is 23.7 Å². The Labute approximate surface area is 162 Å². The molecule has 4 nitrogen and oxygen atoms in total. The minimum atomic E-state index is -3.23. The average molecular weight is 440 g/mol. The maximum atomic E-state index is 11.6. The van der Waals surface area contributed by atoms with Crippen molar-refractivity contribution in [3.05, 3.63) is 65.6 Å². The van der Waals surface area contributed by atoms with Gasteiger partial charge in [-0.05, 0) is 42.8 Å². The van der Waals surface area contributed by atoms with Crippen LogP contribution in [0.25, 0.3) is 22.4 Å². The van der Waals surface area contributed by atoms with E-state index in [2.05, 4.69) is 9.97 Å². The molecule has 0 radical (unpaired) electrons. The van der Waals surface area contributed by atoms with Crippen LogP contribution in [-0.4, -0.2) is 24.6 Å². The molecule has 0 bridgehead atoms. The maximum absolute atomic E-state index is 11.6. The summed E-state index contributed by atoms with van der Waals surface area (Å²) in [5.41, 5.74) is 4.21. The summed E-state index contributed by atoms with van der Waals surface area (Å²) in [7, 11) is -3.23. The molecule has 3 aromatic rings. The van der Waals surface area contributed by atoms with Crippen LogP contribution in [0.15, 0.2) is 59.8 Å². The third-order valence-electron chi connectivity index (χ3n) is 3.63. The van der Waals surface area contributed by atoms with Crippen LogP contribution >= 0.6 is 28.6 Å². The zero-order chi connectivity index (χ0) is 17.3. The van der Waals surface area contributed by atoms with Crippen molar-refractivity contribution in [2.24, 2.45) is 0 Å². The number of hydrogen-bond acceptors (Lipinski definition) is 4. The summed E-state index contributed by atoms with van der Waals surface area (Å²) in [6, 6.07) is 12.4. The Kier molecular flexibility index (Phi) is 5.98. The lowest BCUT2D eigenvalue weighted by atomic mass is 10.0. The first-order valence-electron chi connectivity index (χ1n) is 7.24. The van der Waals surface area contributed by atoms with Gasteiger partial charge in [-0.25, -0.2) is 8.42 Å². The van der Waals surface area contributed by atoms with E-state index in [1.807, 2.05) is 25.1 Å². The van der Waals surface area contributed by atoms with Crippen LogP contribution in [-0.2, 0) is 9.84 Å². The summed E-state index contributed by atoms with van der Waals surface area (Å²) in [5, 5.41) is 0.515. The summed E-state index contributed by atoms with van der Waals surface area (Å²) in [4.78, 5) is 9.02. The number of nitrogens with zero attached hydrogens (tertiary/aromatic N) is 2. The van der Waals surface area contributed by atoms with Gasteiger partial charge in [-0.2, -0.15) is 0 Å². The predicted molar refractivity (Wildman–Crippen MR) is 106 cm³/mol. The molecular weight excluding hydrogens is 424 g/mol. The van der Waals surface area contributed by atoms with Crippen LogP contribution < -0.4 is 0 Å². The summed E-state index contributed by atoms with van der Waals surface area (Å²) < 4.78 is 23.2. The Morgan fingerprint density at radius 3 is 2.12 bits per heavy atom. The number of aromatic nitrogens is 2. The Morgan fingerprint density at radius 1 is 0.920 bits per heavy atom. The summed E-state index contributed by atoms with van der Waals surface area (Å²) >= 11 is 6.11. The van der Waals surface area contributed by atoms with E-state index in [0.29, 0.717) is 5.02 Å². The standard InChI is InChI=1S/C18H15ClN2O2S.BrH/c1-12-3-4-14(10-20-12)18-17(9-15(19)11-21-18)13-5-7-16(8-6-13)24(2,22)23;/h3-11H,1-2H3;1H. The van der Waals surface area contributed by atoms with E-state index in [4.69, 9.17) is 11.6 Å². The van der Waals surface area contributed by atoms with Crippen LogP contribution in [0.3, 0.4) is 0 Å². The quantitative estimate of drug-likeness (QED) is 0.590. The van der Waals surface area contributed by atoms with E-state index < -0.39 is 9.84 Å². The van der Waals surface area contributed by atoms with Gasteiger partial charge < -0.3 is 0 Å². The molecule has 0 amide bonds. The van der Waals surface area contributed by atoms with Crippen molar-refractivity contribution in [1.82, 2.24) is 9.97 Å². The first kappa shape index (κ1) is 19.6. The number of rotatable bonds is 3. The number of aryl methyl sites for hydroxylation is 1. The minimum Gasteiger partial charge on any atom is -0.261 e. The first-order valence-corrected chi connectivity index (χ1v) is 9.50. The van der Waals surface area contributed by atoms with Crippen LogP contribution in [0, 0.1) is 6.92 Å². The number of pyridine rings is 2. The lowest BCUT2D eigenvalue weighted by Gasteiger charge is -2.10. The normalized spacial score (nSPS) is 11.0. The zero-order valence-electron chi connectivity index (χ0n) is 13.6. The molecule has 3 rings (SSSR count). The average Bonchev–Trinajstić information content (AvgIpc) is 2.55. The predicted octanol–water partition coefficient (Wildman–Crippen LogP) is 4.75. The van der Waals surface area contributed by atoms with E-state index in [1.165, 1.54) is 6.26 Å². The van der Waals surface area contributed by atoms with E-state index >= 15 is 0 Å². The van der Waals surface area contributed by atoms with Gasteiger partial charge in [0.05, 0.1) is 15.6 Å². The molecule has 0 unspecified atom stereocenters. The smallest absolute Gasteiger partial charge is 0.175 e. The number of sulfone groups is 1. The summed E-state index contributed by atoms with van der Waals surface area (Å²) in [6.07, 6.45) is 4.54. The number of hydrogen-bond donors (Lipinski definition) is 0. The molecule has 7 heteroatoms. The van der Waals surface area contributed by atoms with Crippen LogP contribution in [0.5, 0.6) is 0 Å². The van der Waals surface area contributed by atoms with Crippen molar-refractivity contribution in [2.75, 3.05) is 6.26 Å². The lowest BCUT2D eigenvalue weighted by Crippen LogP contribution is -1.97. The van der Waals surface area contributed by atoms with Gasteiger partial charge in [0.25, 0.3) is 0 Å². The maximum Gasteiger partial charge on any atom is 0.175 e. The van der Waals surface area contributed by atoms with E-state index in [9.17, 15) is 8.42 Å². The number of benzene rings is 1. The number of halogens is 2. The van der Waals surface area contributed by atoms with E-state index in [0.717, 1.165) is 28.1 Å². The SMILES string of the molecule is Br.Cc1ccc(-c2ncc(Cl)cc2-c2ccc(S(C)(=O)=O)cc2)cn1. The lowest BCUT2D eigenvalue weighted by molar-refractivity contribution is 0.602. The molecule has 25 heavy (non-hydrogen) atoms. The van der Waals surface area contributed by atoms with Crippen LogP contribution in [0.1, 0.15) is 5.69 Å². The van der Waals surface area contributed by atoms with Crippen molar-refractivity contribution >= 4 is 38.4 Å². The summed E-state index contributed by atoms with van der Waals surface area (Å²) in [5.74, 6) is 0. The van der Waals surface area contributed by atoms with Gasteiger partial charge >= 0.3 is 0 Å². The first-order chi connectivity index (χ1) is 11.3. The molecule has 1 aromatic carbocycles. The molecule has 0 atom stereocenters. The third kappa shape index (κ3) is 4.45. The van der Waals surface area contributed by atoms with E-state index in [-0.39, 0.29) is 21.9 Å². The second-order valence-corrected chi connectivity index (χ2v) is 7.99. The van der Waals surface area contributed by atoms with Gasteiger partial charge in [0.15, 0.2) is 9.84 Å². The Morgan fingerprint density at radius 2 is 1.56 bits per heavy atom. The fourth-order valence-corrected chi connectivity index (χ4v) is 3.17. The summed E-state index contributed by atoms with van der Waals surface area (Å²) in [6.45, 7) is 1.92. The largest absolute Gasteiger partial charge is 0.261 e. The Bertz CT molecular complexity index is 989. The highest BCUT2D eigenvalue weighted by molar-refractivity contribution is 8.93. The molecule has 0 aliphatic carbocycles. The fraction of sp³-hybridized carbons (Fsp3) is 0.111. The minimum absolute atomic E-state index is 0. The van der Waals surface area contributed by atoms with Crippen molar-refractivity contribution in [2.45, 2.75) is 11.8 Å². The molecule has 0 saturated carbocycles. The van der Waals surface area contributed by atoms with Gasteiger partial charge in [-0.15, -0.1) is 17.0 Å². The van der Waals surface area contributed by atoms with Crippen LogP contribution in [0.2, 0.25) is 5.02 Å². The van der Waals surface area contributed by atoms with Crippen molar-refractivity contribution in [3.63, 3.8) is 0 Å². The fourth-order valence-electron chi connectivity index (χ4n) is 2.38. The second kappa shape index (κ2) is 7.64. The highest BCUT2D eigenvalue weighted by Crippen LogP contribution is 2.32. The molecule has 0 N–H and O–H groups in total. The van der Waals surface area contributed by atoms with Gasteiger partial charge in [0.1, 0.15) is 0 Å². The highest BCUT2D eigenvalue weighted by Gasteiger charge is 2.12. The monoisotopic (exact) mass is 438 g/mol. The Hall–Kier alpha value is -1.76. The molecule has 2 aromatic heterocycles. The van der Waals surface area contributed by atoms with Crippen molar-refractivity contribution < 1.29 is 8.42 Å². The molecule has 0 spiro atoms. The highest BCUT2D eigenvalue weighted by atomic mass is 79.9. The van der Waals surface area contributed by atoms with Gasteiger partial charge in [0.2, 0.25) is 0 Å². The topological polar surface area (TPSA) is 59.9 Å². The van der Waals surface area contributed by atoms with Gasteiger partial charge in [-0.3, -0.25) is 9.97 Å². The third-order valence-corrected chi connectivity index (χ3v) is 4.97. The molecule has 0 aliphatic heterocycles. The molecule has 130 valence electrons. The molecule has 2 heterocycles. The van der Waals surface area contributed by atoms with Gasteiger partial charge in [0, 0.05) is 35.5 Å². The molecule has 0 fully saturated rings. The van der Waals surface area contributed by atoms with Crippen molar-refractivity contribution in [1.29, 1.82) is 0 Å². The van der Waals surface area contributed by atoms with Crippen LogP contribution in [0.4, 0.5) is 0 Å². The zero-order valence-corrected chi connectivity index (χ0v) is 16.9. The molecule has 0 aliphatic rings. The Balaban J connectivity index is 0.00000225. The van der Waals surface area contributed by atoms with Crippen molar-refractivity contribution in [3.8, 4) is 22.4 Å². The molecule has 0 saturated heterocycles.